The molecule has 3 rings (SSSR count). The number of hydrogen-bond donors (Lipinski definition) is 1. The van der Waals surface area contributed by atoms with Crippen LogP contribution in [-0.4, -0.2) is 58.1 Å². The predicted octanol–water partition coefficient (Wildman–Crippen LogP) is 3.68. The number of hydrogen-bond acceptors (Lipinski definition) is 3. The van der Waals surface area contributed by atoms with Crippen molar-refractivity contribution in [2.75, 3.05) is 26.2 Å². The summed E-state index contributed by atoms with van der Waals surface area (Å²) in [7, 11) is 0. The van der Waals surface area contributed by atoms with Crippen LogP contribution in [0.25, 0.3) is 11.3 Å². The lowest BCUT2D eigenvalue weighted by Gasteiger charge is -2.37. The predicted molar refractivity (Wildman–Crippen MR) is 101 cm³/mol. The molecule has 5 nitrogen and oxygen atoms in total. The molecule has 1 amide bonds. The van der Waals surface area contributed by atoms with Gasteiger partial charge in [0.2, 0.25) is 0 Å². The highest BCUT2D eigenvalue weighted by Gasteiger charge is 2.25. The minimum atomic E-state index is 0.0236. The van der Waals surface area contributed by atoms with Gasteiger partial charge in [0.05, 0.1) is 5.69 Å². The van der Waals surface area contributed by atoms with Crippen molar-refractivity contribution >= 4 is 17.5 Å². The molecule has 134 valence electrons. The zero-order valence-electron chi connectivity index (χ0n) is 14.8. The molecule has 0 spiro atoms. The first-order chi connectivity index (χ1) is 12.1. The Morgan fingerprint density at radius 1 is 1.24 bits per heavy atom. The van der Waals surface area contributed by atoms with Gasteiger partial charge in [-0.15, -0.1) is 0 Å². The van der Waals surface area contributed by atoms with Crippen molar-refractivity contribution in [2.24, 2.45) is 0 Å². The fourth-order valence-corrected chi connectivity index (χ4v) is 3.46. The summed E-state index contributed by atoms with van der Waals surface area (Å²) in [5.74, 6) is 0.0236. The molecule has 1 aromatic carbocycles. The van der Waals surface area contributed by atoms with Crippen LogP contribution >= 0.6 is 11.6 Å². The van der Waals surface area contributed by atoms with Gasteiger partial charge in [-0.05, 0) is 31.5 Å². The zero-order valence-corrected chi connectivity index (χ0v) is 15.6. The van der Waals surface area contributed by atoms with E-state index in [4.69, 9.17) is 11.6 Å². The summed E-state index contributed by atoms with van der Waals surface area (Å²) in [6.07, 6.45) is 2.40. The van der Waals surface area contributed by atoms with E-state index in [0.717, 1.165) is 37.4 Å². The molecule has 0 aliphatic carbocycles. The van der Waals surface area contributed by atoms with Crippen molar-refractivity contribution in [1.29, 1.82) is 0 Å². The van der Waals surface area contributed by atoms with Crippen LogP contribution in [0.4, 0.5) is 0 Å². The molecule has 0 radical (unpaired) electrons. The molecule has 1 fully saturated rings. The maximum atomic E-state index is 12.7. The van der Waals surface area contributed by atoms with Crippen LogP contribution in [0.3, 0.4) is 0 Å². The molecule has 1 saturated heterocycles. The Bertz CT molecular complexity index is 704. The molecule has 2 heterocycles. The van der Waals surface area contributed by atoms with Crippen LogP contribution in [0.2, 0.25) is 5.02 Å². The third-order valence-corrected chi connectivity index (χ3v) is 5.13. The van der Waals surface area contributed by atoms with E-state index in [2.05, 4.69) is 28.9 Å². The van der Waals surface area contributed by atoms with Crippen LogP contribution in [0.5, 0.6) is 0 Å². The van der Waals surface area contributed by atoms with Gasteiger partial charge in [0.15, 0.2) is 0 Å². The summed E-state index contributed by atoms with van der Waals surface area (Å²) in [5.41, 5.74) is 2.24. The number of benzene rings is 1. The lowest BCUT2D eigenvalue weighted by atomic mass is 10.1. The Morgan fingerprint density at radius 3 is 2.56 bits per heavy atom. The van der Waals surface area contributed by atoms with E-state index in [1.54, 1.807) is 0 Å². The van der Waals surface area contributed by atoms with Gasteiger partial charge in [-0.25, -0.2) is 0 Å². The van der Waals surface area contributed by atoms with Crippen molar-refractivity contribution in [1.82, 2.24) is 20.0 Å². The van der Waals surface area contributed by atoms with Gasteiger partial charge in [-0.1, -0.05) is 37.1 Å². The molecule has 25 heavy (non-hydrogen) atoms. The molecule has 2 aromatic rings. The van der Waals surface area contributed by atoms with E-state index in [1.807, 2.05) is 35.2 Å². The first kappa shape index (κ1) is 18.0. The number of rotatable bonds is 5. The monoisotopic (exact) mass is 360 g/mol. The molecular formula is C19H25ClN4O. The molecule has 1 aliphatic rings. The van der Waals surface area contributed by atoms with Gasteiger partial charge < -0.3 is 4.90 Å². The van der Waals surface area contributed by atoms with E-state index < -0.39 is 0 Å². The number of nitrogens with one attached hydrogen (secondary N) is 1. The Morgan fingerprint density at radius 2 is 1.92 bits per heavy atom. The number of amides is 1. The molecule has 0 saturated carbocycles. The van der Waals surface area contributed by atoms with E-state index in [0.29, 0.717) is 16.8 Å². The van der Waals surface area contributed by atoms with Crippen LogP contribution in [0, 0.1) is 0 Å². The Hall–Kier alpha value is -1.85. The largest absolute Gasteiger partial charge is 0.335 e. The third kappa shape index (κ3) is 4.22. The van der Waals surface area contributed by atoms with Crippen molar-refractivity contribution in [3.63, 3.8) is 0 Å². The highest BCUT2D eigenvalue weighted by Crippen LogP contribution is 2.21. The van der Waals surface area contributed by atoms with E-state index in [9.17, 15) is 4.79 Å². The lowest BCUT2D eigenvalue weighted by molar-refractivity contribution is 0.0569. The number of H-pyrrole nitrogens is 1. The Labute approximate surface area is 154 Å². The van der Waals surface area contributed by atoms with Crippen molar-refractivity contribution < 1.29 is 4.79 Å². The van der Waals surface area contributed by atoms with Crippen LogP contribution in [0.1, 0.15) is 37.2 Å². The number of carbonyl (C=O) groups excluding carboxylic acids is 1. The highest BCUT2D eigenvalue weighted by atomic mass is 35.5. The summed E-state index contributed by atoms with van der Waals surface area (Å²) in [6, 6.07) is 9.86. The maximum absolute atomic E-state index is 12.7. The summed E-state index contributed by atoms with van der Waals surface area (Å²) < 4.78 is 0. The smallest absolute Gasteiger partial charge is 0.271 e. The summed E-state index contributed by atoms with van der Waals surface area (Å²) >= 11 is 5.92. The van der Waals surface area contributed by atoms with Crippen molar-refractivity contribution in [3.8, 4) is 11.3 Å². The van der Waals surface area contributed by atoms with E-state index >= 15 is 0 Å². The van der Waals surface area contributed by atoms with Crippen LogP contribution in [0.15, 0.2) is 30.3 Å². The quantitative estimate of drug-likeness (QED) is 0.884. The van der Waals surface area contributed by atoms with Gasteiger partial charge in [0.25, 0.3) is 5.91 Å². The number of nitrogens with zero attached hydrogens (tertiary/aromatic N) is 3. The van der Waals surface area contributed by atoms with Crippen molar-refractivity contribution in [2.45, 2.75) is 32.7 Å². The molecule has 6 heteroatoms. The minimum Gasteiger partial charge on any atom is -0.335 e. The average Bonchev–Trinajstić information content (AvgIpc) is 3.12. The third-order valence-electron chi connectivity index (χ3n) is 4.88. The average molecular weight is 361 g/mol. The van der Waals surface area contributed by atoms with Gasteiger partial charge in [-0.2, -0.15) is 5.10 Å². The fraction of sp³-hybridized carbons (Fsp3) is 0.474. The van der Waals surface area contributed by atoms with Gasteiger partial charge in [-0.3, -0.25) is 14.8 Å². The maximum Gasteiger partial charge on any atom is 0.271 e. The van der Waals surface area contributed by atoms with Crippen LogP contribution in [-0.2, 0) is 0 Å². The molecule has 1 N–H and O–H groups in total. The van der Waals surface area contributed by atoms with Crippen molar-refractivity contribution in [3.05, 3.63) is 41.0 Å². The SMILES string of the molecule is CCC[C@H](C)N1CCN(C(=O)c2cc(-c3ccc(Cl)cc3)n[nH]2)CC1. The molecule has 0 bridgehead atoms. The second-order valence-electron chi connectivity index (χ2n) is 6.64. The van der Waals surface area contributed by atoms with Crippen LogP contribution < -0.4 is 0 Å². The molecule has 0 unspecified atom stereocenters. The number of carbonyl (C=O) groups is 1. The summed E-state index contributed by atoms with van der Waals surface area (Å²) in [5, 5.41) is 7.84. The summed E-state index contributed by atoms with van der Waals surface area (Å²) in [4.78, 5) is 17.1. The summed E-state index contributed by atoms with van der Waals surface area (Å²) in [6.45, 7) is 7.89. The van der Waals surface area contributed by atoms with Gasteiger partial charge >= 0.3 is 0 Å². The molecule has 1 aromatic heterocycles. The molecular weight excluding hydrogens is 336 g/mol. The minimum absolute atomic E-state index is 0.0236. The normalized spacial score (nSPS) is 16.8. The molecule has 1 aliphatic heterocycles. The van der Waals surface area contributed by atoms with Gasteiger partial charge in [0.1, 0.15) is 5.69 Å². The van der Waals surface area contributed by atoms with E-state index in [-0.39, 0.29) is 5.91 Å². The number of aromatic nitrogens is 2. The first-order valence-electron chi connectivity index (χ1n) is 8.93. The second kappa shape index (κ2) is 8.02. The lowest BCUT2D eigenvalue weighted by Crippen LogP contribution is -2.51. The second-order valence-corrected chi connectivity index (χ2v) is 7.08. The molecule has 1 atom stereocenters. The number of halogens is 1. The topological polar surface area (TPSA) is 52.2 Å². The fourth-order valence-electron chi connectivity index (χ4n) is 3.34. The highest BCUT2D eigenvalue weighted by molar-refractivity contribution is 6.30. The number of piperazine rings is 1. The Balaban J connectivity index is 1.62. The Kier molecular flexibility index (Phi) is 5.76. The van der Waals surface area contributed by atoms with E-state index in [1.165, 1.54) is 12.8 Å². The zero-order chi connectivity index (χ0) is 17.8. The first-order valence-corrected chi connectivity index (χ1v) is 9.31. The number of aromatic amines is 1. The van der Waals surface area contributed by atoms with Gasteiger partial charge in [0, 0.05) is 42.8 Å². The standard InChI is InChI=1S/C19H25ClN4O/c1-3-4-14(2)23-9-11-24(12-10-23)19(25)18-13-17(21-22-18)15-5-7-16(20)8-6-15/h5-8,13-14H,3-4,9-12H2,1-2H3,(H,21,22)/t14-/m0/s1.